The number of likely N-dealkylation sites (tertiary alicyclic amines) is 1. The predicted octanol–water partition coefficient (Wildman–Crippen LogP) is 2.99. The summed E-state index contributed by atoms with van der Waals surface area (Å²) in [6.45, 7) is 6.13. The lowest BCUT2D eigenvalue weighted by Crippen LogP contribution is -3.14. The van der Waals surface area contributed by atoms with E-state index in [4.69, 9.17) is 4.74 Å². The fourth-order valence-corrected chi connectivity index (χ4v) is 4.39. The highest BCUT2D eigenvalue weighted by Gasteiger charge is 2.23. The third-order valence-electron chi connectivity index (χ3n) is 6.10. The Labute approximate surface area is 167 Å². The average Bonchev–Trinajstić information content (AvgIpc) is 3.08. The highest BCUT2D eigenvalue weighted by atomic mass is 16.5. The Kier molecular flexibility index (Phi) is 5.69. The van der Waals surface area contributed by atoms with Gasteiger partial charge in [0.1, 0.15) is 18.4 Å². The molecule has 1 fully saturated rings. The number of hydrogen-bond acceptors (Lipinski definition) is 2. The standard InChI is InChI=1S/C24H30N2O2/c1-18-11-13-25(14-12-18)16-21(27)17-26-23-6-4-3-5-20(23)15-24(26)19-7-9-22(28-2)10-8-19/h3-10,15,18,21,27H,11-14,16-17H2,1-2H3/p+1/t21-/m1/s1. The molecule has 1 aromatic heterocycles. The number of aromatic nitrogens is 1. The Morgan fingerprint density at radius 2 is 1.82 bits per heavy atom. The van der Waals surface area contributed by atoms with Gasteiger partial charge in [-0.25, -0.2) is 0 Å². The maximum atomic E-state index is 10.9. The second-order valence-corrected chi connectivity index (χ2v) is 8.22. The SMILES string of the molecule is COc1ccc(-c2cc3ccccc3n2C[C@H](O)C[NH+]2CCC(C)CC2)cc1. The first-order valence-electron chi connectivity index (χ1n) is 10.4. The molecule has 1 aliphatic heterocycles. The van der Waals surface area contributed by atoms with Crippen molar-refractivity contribution in [2.75, 3.05) is 26.7 Å². The second kappa shape index (κ2) is 8.38. The molecule has 4 nitrogen and oxygen atoms in total. The van der Waals surface area contributed by atoms with Crippen LogP contribution in [0.25, 0.3) is 22.2 Å². The number of piperidine rings is 1. The quantitative estimate of drug-likeness (QED) is 0.691. The van der Waals surface area contributed by atoms with Crippen LogP contribution in [0.1, 0.15) is 19.8 Å². The summed E-state index contributed by atoms with van der Waals surface area (Å²) in [7, 11) is 1.69. The summed E-state index contributed by atoms with van der Waals surface area (Å²) in [4.78, 5) is 1.54. The lowest BCUT2D eigenvalue weighted by molar-refractivity contribution is -0.909. The van der Waals surface area contributed by atoms with Crippen molar-refractivity contribution >= 4 is 10.9 Å². The van der Waals surface area contributed by atoms with E-state index in [1.165, 1.54) is 41.7 Å². The fourth-order valence-electron chi connectivity index (χ4n) is 4.39. The van der Waals surface area contributed by atoms with E-state index in [1.807, 2.05) is 12.1 Å². The molecule has 0 radical (unpaired) electrons. The lowest BCUT2D eigenvalue weighted by Gasteiger charge is -2.29. The van der Waals surface area contributed by atoms with E-state index in [0.29, 0.717) is 6.54 Å². The van der Waals surface area contributed by atoms with E-state index in [1.54, 1.807) is 7.11 Å². The topological polar surface area (TPSA) is 38.8 Å². The molecule has 2 N–H and O–H groups in total. The Balaban J connectivity index is 1.59. The highest BCUT2D eigenvalue weighted by Crippen LogP contribution is 2.29. The van der Waals surface area contributed by atoms with Crippen molar-refractivity contribution in [3.8, 4) is 17.0 Å². The summed E-state index contributed by atoms with van der Waals surface area (Å²) in [6, 6.07) is 18.8. The Bertz CT molecular complexity index is 908. The monoisotopic (exact) mass is 379 g/mol. The van der Waals surface area contributed by atoms with Crippen LogP contribution in [-0.2, 0) is 6.54 Å². The Morgan fingerprint density at radius 1 is 1.11 bits per heavy atom. The zero-order valence-electron chi connectivity index (χ0n) is 16.9. The van der Waals surface area contributed by atoms with Crippen LogP contribution in [-0.4, -0.2) is 42.5 Å². The van der Waals surface area contributed by atoms with Crippen molar-refractivity contribution in [3.63, 3.8) is 0 Å². The van der Waals surface area contributed by atoms with Crippen LogP contribution in [0.3, 0.4) is 0 Å². The van der Waals surface area contributed by atoms with Gasteiger partial charge < -0.3 is 19.3 Å². The summed E-state index contributed by atoms with van der Waals surface area (Å²) in [5.74, 6) is 1.69. The number of nitrogens with one attached hydrogen (secondary N) is 1. The second-order valence-electron chi connectivity index (χ2n) is 8.22. The van der Waals surface area contributed by atoms with Crippen LogP contribution in [0.4, 0.5) is 0 Å². The van der Waals surface area contributed by atoms with Gasteiger partial charge in [0.25, 0.3) is 0 Å². The number of fused-ring (bicyclic) bond motifs is 1. The molecule has 0 saturated carbocycles. The van der Waals surface area contributed by atoms with Gasteiger partial charge in [-0.05, 0) is 60.7 Å². The number of aliphatic hydroxyl groups is 1. The maximum Gasteiger partial charge on any atom is 0.121 e. The van der Waals surface area contributed by atoms with Crippen LogP contribution in [0.2, 0.25) is 0 Å². The van der Waals surface area contributed by atoms with Gasteiger partial charge in [-0.3, -0.25) is 0 Å². The van der Waals surface area contributed by atoms with Crippen molar-refractivity contribution in [1.29, 1.82) is 0 Å². The summed E-state index contributed by atoms with van der Waals surface area (Å²) >= 11 is 0. The first-order chi connectivity index (χ1) is 13.6. The van der Waals surface area contributed by atoms with Crippen LogP contribution in [0.5, 0.6) is 5.75 Å². The van der Waals surface area contributed by atoms with Gasteiger partial charge in [-0.2, -0.15) is 0 Å². The van der Waals surface area contributed by atoms with E-state index >= 15 is 0 Å². The minimum Gasteiger partial charge on any atom is -0.497 e. The van der Waals surface area contributed by atoms with Gasteiger partial charge in [0.2, 0.25) is 0 Å². The van der Waals surface area contributed by atoms with Crippen LogP contribution >= 0.6 is 0 Å². The first-order valence-corrected chi connectivity index (χ1v) is 10.4. The average molecular weight is 380 g/mol. The van der Waals surface area contributed by atoms with Crippen LogP contribution < -0.4 is 9.64 Å². The van der Waals surface area contributed by atoms with E-state index < -0.39 is 0 Å². The molecule has 1 atom stereocenters. The van der Waals surface area contributed by atoms with E-state index in [9.17, 15) is 5.11 Å². The molecule has 0 bridgehead atoms. The van der Waals surface area contributed by atoms with Crippen molar-refractivity contribution in [3.05, 3.63) is 54.6 Å². The number of aliphatic hydroxyl groups excluding tert-OH is 1. The maximum absolute atomic E-state index is 10.9. The smallest absolute Gasteiger partial charge is 0.121 e. The summed E-state index contributed by atoms with van der Waals surface area (Å²) < 4.78 is 7.57. The molecule has 0 amide bonds. The zero-order chi connectivity index (χ0) is 19.5. The summed E-state index contributed by atoms with van der Waals surface area (Å²) in [6.07, 6.45) is 2.19. The third kappa shape index (κ3) is 4.08. The first kappa shape index (κ1) is 19.0. The fraction of sp³-hybridized carbons (Fsp3) is 0.417. The molecule has 0 spiro atoms. The van der Waals surface area contributed by atoms with Crippen molar-refractivity contribution in [2.45, 2.75) is 32.4 Å². The number of nitrogens with zero attached hydrogens (tertiary/aromatic N) is 1. The molecule has 2 aromatic carbocycles. The molecule has 3 aromatic rings. The summed E-state index contributed by atoms with van der Waals surface area (Å²) in [5.41, 5.74) is 3.46. The molecular formula is C24H31N2O2+. The molecule has 1 aliphatic rings. The molecule has 4 heteroatoms. The molecule has 28 heavy (non-hydrogen) atoms. The Morgan fingerprint density at radius 3 is 2.54 bits per heavy atom. The van der Waals surface area contributed by atoms with Gasteiger partial charge in [0, 0.05) is 16.6 Å². The molecule has 1 saturated heterocycles. The van der Waals surface area contributed by atoms with Crippen molar-refractivity contribution in [2.24, 2.45) is 5.92 Å². The minimum absolute atomic E-state index is 0.351. The number of rotatable bonds is 6. The van der Waals surface area contributed by atoms with Crippen molar-refractivity contribution < 1.29 is 14.7 Å². The summed E-state index contributed by atoms with van der Waals surface area (Å²) in [5, 5.41) is 12.1. The van der Waals surface area contributed by atoms with Crippen molar-refractivity contribution in [1.82, 2.24) is 4.57 Å². The van der Waals surface area contributed by atoms with Crippen LogP contribution in [0, 0.1) is 5.92 Å². The largest absolute Gasteiger partial charge is 0.497 e. The van der Waals surface area contributed by atoms with E-state index in [0.717, 1.165) is 29.5 Å². The number of benzene rings is 2. The van der Waals surface area contributed by atoms with Gasteiger partial charge in [0.05, 0.1) is 26.7 Å². The third-order valence-corrected chi connectivity index (χ3v) is 6.10. The normalized spacial score (nSPS) is 21.0. The molecule has 4 rings (SSSR count). The van der Waals surface area contributed by atoms with Gasteiger partial charge >= 0.3 is 0 Å². The number of methoxy groups -OCH3 is 1. The van der Waals surface area contributed by atoms with E-state index in [2.05, 4.69) is 54.0 Å². The van der Waals surface area contributed by atoms with Crippen LogP contribution in [0.15, 0.2) is 54.6 Å². The predicted molar refractivity (Wildman–Crippen MR) is 114 cm³/mol. The molecule has 2 heterocycles. The Hall–Kier alpha value is -2.30. The molecule has 0 unspecified atom stereocenters. The highest BCUT2D eigenvalue weighted by molar-refractivity contribution is 5.87. The minimum atomic E-state index is -0.351. The van der Waals surface area contributed by atoms with Gasteiger partial charge in [-0.15, -0.1) is 0 Å². The van der Waals surface area contributed by atoms with E-state index in [-0.39, 0.29) is 6.10 Å². The van der Waals surface area contributed by atoms with Gasteiger partial charge in [-0.1, -0.05) is 25.1 Å². The number of quaternary nitrogens is 1. The number of hydrogen-bond donors (Lipinski definition) is 2. The molecule has 0 aliphatic carbocycles. The molecule has 148 valence electrons. The number of para-hydroxylation sites is 1. The lowest BCUT2D eigenvalue weighted by atomic mass is 9.99. The zero-order valence-corrected chi connectivity index (χ0v) is 16.9. The van der Waals surface area contributed by atoms with Gasteiger partial charge in [0.15, 0.2) is 0 Å². The molecular weight excluding hydrogens is 348 g/mol. The number of ether oxygens (including phenoxy) is 1.